The summed E-state index contributed by atoms with van der Waals surface area (Å²) in [5.41, 5.74) is -2.22. The highest BCUT2D eigenvalue weighted by molar-refractivity contribution is 7.84. The second-order valence-corrected chi connectivity index (χ2v) is 5.64. The molecule has 0 radical (unpaired) electrons. The van der Waals surface area contributed by atoms with Crippen molar-refractivity contribution in [3.8, 4) is 0 Å². The Morgan fingerprint density at radius 1 is 1.38 bits per heavy atom. The SMILES string of the molecule is CC(C)S(=O)N=CCOC(C)(C)C(F)(F)F. The van der Waals surface area contributed by atoms with Crippen LogP contribution < -0.4 is 0 Å². The van der Waals surface area contributed by atoms with E-state index in [1.54, 1.807) is 13.8 Å². The average molecular weight is 259 g/mol. The number of hydrogen-bond donors (Lipinski definition) is 0. The molecule has 16 heavy (non-hydrogen) atoms. The largest absolute Gasteiger partial charge is 0.416 e. The molecule has 96 valence electrons. The summed E-state index contributed by atoms with van der Waals surface area (Å²) in [5.74, 6) is 0. The Balaban J connectivity index is 4.14. The van der Waals surface area contributed by atoms with Crippen LogP contribution in [0.3, 0.4) is 0 Å². The smallest absolute Gasteiger partial charge is 0.360 e. The topological polar surface area (TPSA) is 38.7 Å². The van der Waals surface area contributed by atoms with E-state index in [0.717, 1.165) is 20.1 Å². The minimum atomic E-state index is -4.43. The maximum atomic E-state index is 12.3. The molecular weight excluding hydrogens is 243 g/mol. The monoisotopic (exact) mass is 259 g/mol. The lowest BCUT2D eigenvalue weighted by Crippen LogP contribution is -2.42. The summed E-state index contributed by atoms with van der Waals surface area (Å²) in [6, 6.07) is 0. The fraction of sp³-hybridized carbons (Fsp3) is 0.889. The Hall–Kier alpha value is -0.430. The molecule has 0 heterocycles. The summed E-state index contributed by atoms with van der Waals surface area (Å²) in [6.07, 6.45) is -3.33. The molecule has 0 aliphatic rings. The second kappa shape index (κ2) is 5.77. The number of hydrogen-bond acceptors (Lipinski definition) is 2. The van der Waals surface area contributed by atoms with E-state index in [4.69, 9.17) is 0 Å². The van der Waals surface area contributed by atoms with Crippen LogP contribution >= 0.6 is 0 Å². The highest BCUT2D eigenvalue weighted by Crippen LogP contribution is 2.32. The summed E-state index contributed by atoms with van der Waals surface area (Å²) in [6.45, 7) is 4.95. The molecule has 0 aliphatic carbocycles. The standard InChI is InChI=1S/C9H16F3NO2S/c1-7(2)16(14)13-5-6-15-8(3,4)9(10,11)12/h5,7H,6H2,1-4H3. The van der Waals surface area contributed by atoms with Gasteiger partial charge < -0.3 is 4.74 Å². The van der Waals surface area contributed by atoms with E-state index in [0.29, 0.717) is 0 Å². The van der Waals surface area contributed by atoms with Gasteiger partial charge in [-0.25, -0.2) is 4.21 Å². The van der Waals surface area contributed by atoms with Gasteiger partial charge in [-0.2, -0.15) is 17.6 Å². The molecule has 1 unspecified atom stereocenters. The van der Waals surface area contributed by atoms with Gasteiger partial charge in [0.1, 0.15) is 11.0 Å². The van der Waals surface area contributed by atoms with E-state index in [-0.39, 0.29) is 11.9 Å². The first-order chi connectivity index (χ1) is 7.08. The van der Waals surface area contributed by atoms with Crippen molar-refractivity contribution in [3.05, 3.63) is 0 Å². The Bertz CT molecular complexity index is 274. The minimum Gasteiger partial charge on any atom is -0.360 e. The molecule has 0 bridgehead atoms. The van der Waals surface area contributed by atoms with E-state index in [1.807, 2.05) is 0 Å². The Kier molecular flexibility index (Phi) is 5.61. The van der Waals surface area contributed by atoms with Crippen LogP contribution in [0.1, 0.15) is 27.7 Å². The number of rotatable bonds is 5. The number of alkyl halides is 3. The summed E-state index contributed by atoms with van der Waals surface area (Å²) >= 11 is 0. The molecule has 0 aromatic carbocycles. The molecular formula is C9H16F3NO2S. The minimum absolute atomic E-state index is 0.160. The van der Waals surface area contributed by atoms with Gasteiger partial charge in [-0.05, 0) is 27.7 Å². The molecule has 7 heteroatoms. The highest BCUT2D eigenvalue weighted by Gasteiger charge is 2.48. The third kappa shape index (κ3) is 5.07. The van der Waals surface area contributed by atoms with Gasteiger partial charge in [-0.15, -0.1) is 0 Å². The zero-order valence-electron chi connectivity index (χ0n) is 9.67. The van der Waals surface area contributed by atoms with Gasteiger partial charge in [0.2, 0.25) is 0 Å². The molecule has 0 aromatic rings. The number of nitrogens with zero attached hydrogens (tertiary/aromatic N) is 1. The van der Waals surface area contributed by atoms with Crippen LogP contribution in [-0.2, 0) is 15.7 Å². The lowest BCUT2D eigenvalue weighted by Gasteiger charge is -2.27. The highest BCUT2D eigenvalue weighted by atomic mass is 32.2. The third-order valence-corrected chi connectivity index (χ3v) is 2.95. The molecule has 0 saturated heterocycles. The maximum Gasteiger partial charge on any atom is 0.416 e. The van der Waals surface area contributed by atoms with Gasteiger partial charge in [-0.3, -0.25) is 0 Å². The molecule has 0 N–H and O–H groups in total. The quantitative estimate of drug-likeness (QED) is 0.711. The summed E-state index contributed by atoms with van der Waals surface area (Å²) in [5, 5.41) is -0.160. The van der Waals surface area contributed by atoms with Crippen LogP contribution in [-0.4, -0.2) is 34.1 Å². The lowest BCUT2D eigenvalue weighted by molar-refractivity contribution is -0.258. The second-order valence-electron chi connectivity index (χ2n) is 3.93. The molecule has 1 atom stereocenters. The van der Waals surface area contributed by atoms with Crippen molar-refractivity contribution in [2.24, 2.45) is 4.40 Å². The first-order valence-corrected chi connectivity index (χ1v) is 5.89. The van der Waals surface area contributed by atoms with Gasteiger partial charge in [0.15, 0.2) is 5.60 Å². The zero-order chi connectivity index (χ0) is 13.0. The van der Waals surface area contributed by atoms with Crippen molar-refractivity contribution in [2.75, 3.05) is 6.61 Å². The van der Waals surface area contributed by atoms with Crippen LogP contribution in [0.4, 0.5) is 13.2 Å². The van der Waals surface area contributed by atoms with Crippen molar-refractivity contribution in [1.29, 1.82) is 0 Å². The van der Waals surface area contributed by atoms with E-state index >= 15 is 0 Å². The van der Waals surface area contributed by atoms with E-state index in [9.17, 15) is 17.4 Å². The molecule has 0 saturated carbocycles. The molecule has 0 spiro atoms. The van der Waals surface area contributed by atoms with Crippen molar-refractivity contribution >= 4 is 17.2 Å². The molecule has 0 aromatic heterocycles. The van der Waals surface area contributed by atoms with Crippen LogP contribution in [0.5, 0.6) is 0 Å². The number of ether oxygens (including phenoxy) is 1. The van der Waals surface area contributed by atoms with Gasteiger partial charge >= 0.3 is 6.18 Å². The van der Waals surface area contributed by atoms with Crippen LogP contribution in [0.15, 0.2) is 4.40 Å². The Morgan fingerprint density at radius 2 is 1.88 bits per heavy atom. The zero-order valence-corrected chi connectivity index (χ0v) is 10.5. The van der Waals surface area contributed by atoms with Gasteiger partial charge in [0, 0.05) is 6.21 Å². The molecule has 0 aliphatic heterocycles. The van der Waals surface area contributed by atoms with E-state index in [1.165, 1.54) is 0 Å². The van der Waals surface area contributed by atoms with Crippen LogP contribution in [0, 0.1) is 0 Å². The maximum absolute atomic E-state index is 12.3. The molecule has 0 fully saturated rings. The summed E-state index contributed by atoms with van der Waals surface area (Å²) in [7, 11) is -1.41. The Labute approximate surface area is 95.7 Å². The van der Waals surface area contributed by atoms with Crippen molar-refractivity contribution < 1.29 is 22.1 Å². The predicted octanol–water partition coefficient (Wildman–Crippen LogP) is 2.49. The first kappa shape index (κ1) is 15.6. The number of halogens is 3. The molecule has 0 rings (SSSR count). The van der Waals surface area contributed by atoms with Crippen molar-refractivity contribution in [1.82, 2.24) is 0 Å². The fourth-order valence-electron chi connectivity index (χ4n) is 0.553. The predicted molar refractivity (Wildman–Crippen MR) is 57.9 cm³/mol. The van der Waals surface area contributed by atoms with E-state index in [2.05, 4.69) is 9.13 Å². The molecule has 0 amide bonds. The van der Waals surface area contributed by atoms with Crippen molar-refractivity contribution in [2.45, 2.75) is 44.7 Å². The Morgan fingerprint density at radius 3 is 2.25 bits per heavy atom. The van der Waals surface area contributed by atoms with Gasteiger partial charge in [0.25, 0.3) is 0 Å². The average Bonchev–Trinajstić information content (AvgIpc) is 2.09. The van der Waals surface area contributed by atoms with Crippen LogP contribution in [0.2, 0.25) is 0 Å². The van der Waals surface area contributed by atoms with E-state index < -0.39 is 22.8 Å². The third-order valence-electron chi connectivity index (χ3n) is 1.78. The normalized spacial score (nSPS) is 16.0. The van der Waals surface area contributed by atoms with Gasteiger partial charge in [0.05, 0.1) is 11.9 Å². The lowest BCUT2D eigenvalue weighted by atomic mass is 10.1. The summed E-state index contributed by atoms with van der Waals surface area (Å²) in [4.78, 5) is 0. The first-order valence-electron chi connectivity index (χ1n) is 4.72. The van der Waals surface area contributed by atoms with Gasteiger partial charge in [-0.1, -0.05) is 0 Å². The van der Waals surface area contributed by atoms with Crippen molar-refractivity contribution in [3.63, 3.8) is 0 Å². The molecule has 3 nitrogen and oxygen atoms in total. The fourth-order valence-corrected chi connectivity index (χ4v) is 1.00. The summed E-state index contributed by atoms with van der Waals surface area (Å²) < 4.78 is 56.2. The van der Waals surface area contributed by atoms with Crippen LogP contribution in [0.25, 0.3) is 0 Å².